The summed E-state index contributed by atoms with van der Waals surface area (Å²) in [5, 5.41) is 0. The largest absolute Gasteiger partial charge is 0.365 e. The molecule has 2 aliphatic heterocycles. The lowest BCUT2D eigenvalue weighted by Crippen LogP contribution is -2.68. The molecule has 4 fully saturated rings. The second-order valence-electron chi connectivity index (χ2n) is 10.5. The Balaban J connectivity index is 1.76. The number of carbonyl (C=O) groups is 1. The highest BCUT2D eigenvalue weighted by Crippen LogP contribution is 2.68. The van der Waals surface area contributed by atoms with Crippen LogP contribution in [0.2, 0.25) is 0 Å². The van der Waals surface area contributed by atoms with E-state index in [9.17, 15) is 4.79 Å². The van der Waals surface area contributed by atoms with Gasteiger partial charge in [-0.1, -0.05) is 41.0 Å². The zero-order valence-corrected chi connectivity index (χ0v) is 17.4. The molecule has 0 aromatic rings. The molecule has 0 amide bonds. The van der Waals surface area contributed by atoms with Crippen molar-refractivity contribution in [2.45, 2.75) is 90.6 Å². The first-order chi connectivity index (χ1) is 12.1. The Morgan fingerprint density at radius 3 is 2.46 bits per heavy atom. The summed E-state index contributed by atoms with van der Waals surface area (Å²) in [6, 6.07) is 0. The Labute approximate surface area is 158 Å². The second kappa shape index (κ2) is 5.78. The molecule has 148 valence electrons. The lowest BCUT2D eigenvalue weighted by molar-refractivity contribution is -0.248. The Bertz CT molecular complexity index is 601. The van der Waals surface area contributed by atoms with Crippen molar-refractivity contribution in [1.82, 2.24) is 0 Å². The molecule has 0 radical (unpaired) electrons. The topological polar surface area (TPSA) is 44.8 Å². The van der Waals surface area contributed by atoms with Gasteiger partial charge in [0.1, 0.15) is 5.78 Å². The van der Waals surface area contributed by atoms with E-state index >= 15 is 0 Å². The molecule has 0 N–H and O–H groups in total. The molecule has 4 nitrogen and oxygen atoms in total. The van der Waals surface area contributed by atoms with Crippen LogP contribution in [-0.2, 0) is 19.0 Å². The van der Waals surface area contributed by atoms with Gasteiger partial charge in [0.05, 0.1) is 17.8 Å². The van der Waals surface area contributed by atoms with Gasteiger partial charge in [0.15, 0.2) is 6.29 Å². The highest BCUT2D eigenvalue weighted by atomic mass is 16.7. The third-order valence-corrected chi connectivity index (χ3v) is 8.77. The van der Waals surface area contributed by atoms with Gasteiger partial charge in [-0.25, -0.2) is 0 Å². The molecule has 4 aliphatic rings. The Hall–Kier alpha value is -0.450. The fourth-order valence-electron chi connectivity index (χ4n) is 7.74. The first-order valence-electron chi connectivity index (χ1n) is 10.5. The van der Waals surface area contributed by atoms with Crippen molar-refractivity contribution in [3.63, 3.8) is 0 Å². The lowest BCUT2D eigenvalue weighted by Gasteiger charge is -2.65. The number of fused-ring (bicyclic) bond motifs is 2. The summed E-state index contributed by atoms with van der Waals surface area (Å²) in [5.41, 5.74) is -0.415. The van der Waals surface area contributed by atoms with Crippen molar-refractivity contribution >= 4 is 5.78 Å². The van der Waals surface area contributed by atoms with Gasteiger partial charge in [-0.15, -0.1) is 0 Å². The van der Waals surface area contributed by atoms with Crippen LogP contribution in [0.4, 0.5) is 0 Å². The second-order valence-corrected chi connectivity index (χ2v) is 10.5. The summed E-state index contributed by atoms with van der Waals surface area (Å²) in [6.07, 6.45) is 6.14. The molecule has 2 aliphatic carbocycles. The molecule has 7 atom stereocenters. The molecule has 4 heteroatoms. The summed E-state index contributed by atoms with van der Waals surface area (Å²) in [5.74, 6) is 0.848. The smallest absolute Gasteiger partial charge is 0.160 e. The van der Waals surface area contributed by atoms with E-state index in [-0.39, 0.29) is 40.2 Å². The SMILES string of the molecule is CO[C@H]1C[C@@]2(CC[C@@]3(O2)[C@H](C)C(=O)[C@@H](C)[C@H]2C(C)(C)CCC[C@@]23C)CO1. The minimum Gasteiger partial charge on any atom is -0.365 e. The van der Waals surface area contributed by atoms with E-state index in [0.717, 1.165) is 25.7 Å². The number of rotatable bonds is 1. The molecule has 26 heavy (non-hydrogen) atoms. The molecule has 0 unspecified atom stereocenters. The Kier molecular flexibility index (Phi) is 4.20. The van der Waals surface area contributed by atoms with E-state index in [4.69, 9.17) is 14.2 Å². The number of Topliss-reactive ketones (excluding diaryl/α,β-unsaturated/α-hetero) is 1. The first kappa shape index (κ1) is 18.9. The predicted octanol–water partition coefficient (Wildman–Crippen LogP) is 4.35. The number of ketones is 1. The van der Waals surface area contributed by atoms with E-state index < -0.39 is 0 Å². The summed E-state index contributed by atoms with van der Waals surface area (Å²) >= 11 is 0. The fourth-order valence-corrected chi connectivity index (χ4v) is 7.74. The monoisotopic (exact) mass is 364 g/mol. The third-order valence-electron chi connectivity index (χ3n) is 8.77. The van der Waals surface area contributed by atoms with Crippen molar-refractivity contribution in [2.75, 3.05) is 13.7 Å². The van der Waals surface area contributed by atoms with Gasteiger partial charge in [0, 0.05) is 30.8 Å². The van der Waals surface area contributed by atoms with Gasteiger partial charge < -0.3 is 14.2 Å². The number of methoxy groups -OCH3 is 1. The van der Waals surface area contributed by atoms with Crippen LogP contribution < -0.4 is 0 Å². The van der Waals surface area contributed by atoms with Crippen molar-refractivity contribution < 1.29 is 19.0 Å². The summed E-state index contributed by atoms with van der Waals surface area (Å²) in [4.78, 5) is 13.4. The molecule has 4 rings (SSSR count). The van der Waals surface area contributed by atoms with Crippen molar-refractivity contribution in [2.24, 2.45) is 28.6 Å². The van der Waals surface area contributed by atoms with Crippen LogP contribution in [0.15, 0.2) is 0 Å². The molecule has 2 saturated heterocycles. The molecular weight excluding hydrogens is 328 g/mol. The van der Waals surface area contributed by atoms with Crippen LogP contribution >= 0.6 is 0 Å². The normalized spacial score (nSPS) is 53.4. The van der Waals surface area contributed by atoms with Crippen LogP contribution in [0, 0.1) is 28.6 Å². The molecule has 0 aromatic carbocycles. The number of carbonyl (C=O) groups excluding carboxylic acids is 1. The standard InChI is InChI=1S/C22H36O4/c1-14-17(23)15(2)22(20(5)9-7-8-19(3,4)18(14)20)11-10-21(26-22)12-16(24-6)25-13-21/h14-16,18H,7-13H2,1-6H3/t14-,15-,16-,18+,20+,21+,22-/m1/s1. The minimum absolute atomic E-state index is 0.0378. The van der Waals surface area contributed by atoms with Crippen LogP contribution in [0.25, 0.3) is 0 Å². The lowest BCUT2D eigenvalue weighted by atomic mass is 9.41. The maximum absolute atomic E-state index is 13.4. The maximum Gasteiger partial charge on any atom is 0.160 e. The van der Waals surface area contributed by atoms with E-state index in [1.165, 1.54) is 12.8 Å². The molecule has 0 bridgehead atoms. The van der Waals surface area contributed by atoms with Gasteiger partial charge in [0.25, 0.3) is 0 Å². The quantitative estimate of drug-likeness (QED) is 0.694. The summed E-state index contributed by atoms with van der Waals surface area (Å²) < 4.78 is 18.3. The van der Waals surface area contributed by atoms with Crippen LogP contribution in [0.1, 0.15) is 73.1 Å². The van der Waals surface area contributed by atoms with Gasteiger partial charge in [-0.05, 0) is 37.0 Å². The molecular formula is C22H36O4. The van der Waals surface area contributed by atoms with Crippen molar-refractivity contribution in [3.8, 4) is 0 Å². The molecule has 2 spiro atoms. The van der Waals surface area contributed by atoms with Crippen LogP contribution in [0.5, 0.6) is 0 Å². The van der Waals surface area contributed by atoms with E-state index in [2.05, 4.69) is 34.6 Å². The number of hydrogen-bond donors (Lipinski definition) is 0. The third kappa shape index (κ3) is 2.28. The van der Waals surface area contributed by atoms with Gasteiger partial charge in [-0.3, -0.25) is 4.79 Å². The van der Waals surface area contributed by atoms with E-state index in [0.29, 0.717) is 18.3 Å². The highest BCUT2D eigenvalue weighted by Gasteiger charge is 2.71. The zero-order chi connectivity index (χ0) is 19.0. The van der Waals surface area contributed by atoms with Gasteiger partial charge >= 0.3 is 0 Å². The average Bonchev–Trinajstić information content (AvgIpc) is 3.16. The van der Waals surface area contributed by atoms with Gasteiger partial charge in [0.2, 0.25) is 0 Å². The molecule has 2 heterocycles. The Morgan fingerprint density at radius 1 is 1.08 bits per heavy atom. The Morgan fingerprint density at radius 2 is 1.81 bits per heavy atom. The highest BCUT2D eigenvalue weighted by molar-refractivity contribution is 5.86. The number of hydrogen-bond acceptors (Lipinski definition) is 4. The van der Waals surface area contributed by atoms with Crippen molar-refractivity contribution in [1.29, 1.82) is 0 Å². The van der Waals surface area contributed by atoms with Crippen LogP contribution in [0.3, 0.4) is 0 Å². The fraction of sp³-hybridized carbons (Fsp3) is 0.955. The summed E-state index contributed by atoms with van der Waals surface area (Å²) in [7, 11) is 1.70. The van der Waals surface area contributed by atoms with Gasteiger partial charge in [-0.2, -0.15) is 0 Å². The zero-order valence-electron chi connectivity index (χ0n) is 17.4. The number of ether oxygens (including phenoxy) is 3. The molecule has 0 aromatic heterocycles. The van der Waals surface area contributed by atoms with Crippen molar-refractivity contribution in [3.05, 3.63) is 0 Å². The van der Waals surface area contributed by atoms with Crippen LogP contribution in [-0.4, -0.2) is 37.0 Å². The predicted molar refractivity (Wildman–Crippen MR) is 99.7 cm³/mol. The first-order valence-corrected chi connectivity index (χ1v) is 10.5. The van der Waals surface area contributed by atoms with E-state index in [1.54, 1.807) is 7.11 Å². The maximum atomic E-state index is 13.4. The summed E-state index contributed by atoms with van der Waals surface area (Å²) in [6.45, 7) is 12.1. The molecule has 2 saturated carbocycles. The van der Waals surface area contributed by atoms with E-state index in [1.807, 2.05) is 0 Å². The minimum atomic E-state index is -0.356. The average molecular weight is 365 g/mol.